The molecule has 0 bridgehead atoms. The van der Waals surface area contributed by atoms with Crippen LogP contribution in [0.1, 0.15) is 45.5 Å². The zero-order chi connectivity index (χ0) is 20.0. The van der Waals surface area contributed by atoms with Gasteiger partial charge >= 0.3 is 5.97 Å². The van der Waals surface area contributed by atoms with Crippen molar-refractivity contribution in [1.82, 2.24) is 5.32 Å². The lowest BCUT2D eigenvalue weighted by molar-refractivity contribution is -0.150. The van der Waals surface area contributed by atoms with Crippen molar-refractivity contribution in [3.63, 3.8) is 0 Å². The van der Waals surface area contributed by atoms with Gasteiger partial charge in [0.2, 0.25) is 0 Å². The van der Waals surface area contributed by atoms with E-state index in [0.29, 0.717) is 12.2 Å². The summed E-state index contributed by atoms with van der Waals surface area (Å²) in [6.45, 7) is 2.10. The SMILES string of the molecule is CCOC(=O)[C@@H]1[C@@H](c2ccccc2)c2ccccc2[C@@]12NC(=O)c1ccccc12. The monoisotopic (exact) mass is 383 g/mol. The van der Waals surface area contributed by atoms with Crippen LogP contribution in [0.3, 0.4) is 0 Å². The van der Waals surface area contributed by atoms with Crippen LogP contribution in [0.15, 0.2) is 78.9 Å². The van der Waals surface area contributed by atoms with Crippen LogP contribution in [0.5, 0.6) is 0 Å². The average molecular weight is 383 g/mol. The van der Waals surface area contributed by atoms with E-state index in [2.05, 4.69) is 11.4 Å². The van der Waals surface area contributed by atoms with Gasteiger partial charge in [0.25, 0.3) is 5.91 Å². The van der Waals surface area contributed by atoms with E-state index in [1.165, 1.54) is 0 Å². The molecule has 1 amide bonds. The van der Waals surface area contributed by atoms with Crippen LogP contribution in [0.4, 0.5) is 0 Å². The molecule has 29 heavy (non-hydrogen) atoms. The molecule has 1 aliphatic carbocycles. The third-order valence-corrected chi connectivity index (χ3v) is 6.13. The van der Waals surface area contributed by atoms with Gasteiger partial charge in [0.15, 0.2) is 0 Å². The van der Waals surface area contributed by atoms with Crippen molar-refractivity contribution in [1.29, 1.82) is 0 Å². The predicted octanol–water partition coefficient (Wildman–Crippen LogP) is 4.00. The Morgan fingerprint density at radius 3 is 2.34 bits per heavy atom. The normalized spacial score (nSPS) is 24.1. The van der Waals surface area contributed by atoms with Gasteiger partial charge in [0.1, 0.15) is 5.54 Å². The molecule has 0 unspecified atom stereocenters. The van der Waals surface area contributed by atoms with Gasteiger partial charge < -0.3 is 10.1 Å². The van der Waals surface area contributed by atoms with Gasteiger partial charge in [-0.05, 0) is 35.2 Å². The Bertz CT molecular complexity index is 1110. The average Bonchev–Trinajstić information content (AvgIpc) is 3.22. The maximum Gasteiger partial charge on any atom is 0.313 e. The number of hydrogen-bond acceptors (Lipinski definition) is 3. The number of fused-ring (bicyclic) bond motifs is 4. The molecule has 3 aromatic carbocycles. The molecule has 0 saturated carbocycles. The maximum absolute atomic E-state index is 13.4. The third-order valence-electron chi connectivity index (χ3n) is 6.13. The molecule has 144 valence electrons. The highest BCUT2D eigenvalue weighted by Crippen LogP contribution is 2.57. The first-order valence-electron chi connectivity index (χ1n) is 9.91. The molecule has 1 N–H and O–H groups in total. The number of esters is 1. The number of hydrogen-bond donors (Lipinski definition) is 1. The Kier molecular flexibility index (Phi) is 4.02. The first-order valence-corrected chi connectivity index (χ1v) is 9.91. The summed E-state index contributed by atoms with van der Waals surface area (Å²) in [6.07, 6.45) is 0. The molecule has 3 aromatic rings. The van der Waals surface area contributed by atoms with Gasteiger partial charge in [0.05, 0.1) is 12.5 Å². The molecule has 1 aliphatic heterocycles. The molecule has 2 aliphatic rings. The van der Waals surface area contributed by atoms with Crippen molar-refractivity contribution in [3.05, 3.63) is 107 Å². The van der Waals surface area contributed by atoms with Gasteiger partial charge in [0, 0.05) is 11.5 Å². The molecule has 0 aromatic heterocycles. The zero-order valence-corrected chi connectivity index (χ0v) is 16.1. The van der Waals surface area contributed by atoms with Crippen molar-refractivity contribution in [3.8, 4) is 0 Å². The smallest absolute Gasteiger partial charge is 0.313 e. The van der Waals surface area contributed by atoms with Crippen molar-refractivity contribution >= 4 is 11.9 Å². The summed E-state index contributed by atoms with van der Waals surface area (Å²) in [5, 5.41) is 3.20. The fraction of sp³-hybridized carbons (Fsp3) is 0.200. The summed E-state index contributed by atoms with van der Waals surface area (Å²) in [4.78, 5) is 26.3. The lowest BCUT2D eigenvalue weighted by Crippen LogP contribution is -2.48. The van der Waals surface area contributed by atoms with E-state index in [9.17, 15) is 9.59 Å². The predicted molar refractivity (Wildman–Crippen MR) is 110 cm³/mol. The molecule has 1 spiro atoms. The second-order valence-corrected chi connectivity index (χ2v) is 7.51. The molecule has 0 saturated heterocycles. The molecule has 1 heterocycles. The number of carbonyl (C=O) groups excluding carboxylic acids is 2. The number of amides is 1. The molecule has 4 nitrogen and oxygen atoms in total. The largest absolute Gasteiger partial charge is 0.466 e. The molecule has 5 rings (SSSR count). The molecule has 0 radical (unpaired) electrons. The second kappa shape index (κ2) is 6.59. The van der Waals surface area contributed by atoms with Crippen LogP contribution in [0.2, 0.25) is 0 Å². The van der Waals surface area contributed by atoms with Crippen LogP contribution in [0.25, 0.3) is 0 Å². The highest BCUT2D eigenvalue weighted by Gasteiger charge is 2.61. The van der Waals surface area contributed by atoms with E-state index in [1.54, 1.807) is 0 Å². The molecule has 4 heteroatoms. The van der Waals surface area contributed by atoms with Crippen LogP contribution in [-0.2, 0) is 15.1 Å². The highest BCUT2D eigenvalue weighted by atomic mass is 16.5. The van der Waals surface area contributed by atoms with Crippen molar-refractivity contribution in [2.24, 2.45) is 5.92 Å². The quantitative estimate of drug-likeness (QED) is 0.696. The molecule has 3 atom stereocenters. The number of ether oxygens (including phenoxy) is 1. The number of benzene rings is 3. The fourth-order valence-electron chi connectivity index (χ4n) is 5.10. The Hall–Kier alpha value is -3.40. The van der Waals surface area contributed by atoms with Crippen molar-refractivity contribution in [2.75, 3.05) is 6.61 Å². The molecular weight excluding hydrogens is 362 g/mol. The van der Waals surface area contributed by atoms with E-state index >= 15 is 0 Å². The summed E-state index contributed by atoms with van der Waals surface area (Å²) in [5.41, 5.74) is 3.57. The third kappa shape index (κ3) is 2.38. The Balaban J connectivity index is 1.83. The van der Waals surface area contributed by atoms with Gasteiger partial charge in [-0.15, -0.1) is 0 Å². The van der Waals surface area contributed by atoms with E-state index in [-0.39, 0.29) is 17.8 Å². The van der Waals surface area contributed by atoms with E-state index in [0.717, 1.165) is 22.3 Å². The second-order valence-electron chi connectivity index (χ2n) is 7.51. The minimum Gasteiger partial charge on any atom is -0.466 e. The van der Waals surface area contributed by atoms with Gasteiger partial charge in [-0.1, -0.05) is 72.8 Å². The van der Waals surface area contributed by atoms with Crippen LogP contribution in [-0.4, -0.2) is 18.5 Å². The summed E-state index contributed by atoms with van der Waals surface area (Å²) in [5.74, 6) is -1.25. The number of rotatable bonds is 3. The van der Waals surface area contributed by atoms with Crippen LogP contribution in [0, 0.1) is 5.92 Å². The van der Waals surface area contributed by atoms with E-state index < -0.39 is 11.5 Å². The first kappa shape index (κ1) is 17.7. The number of carbonyl (C=O) groups is 2. The van der Waals surface area contributed by atoms with Gasteiger partial charge in [-0.2, -0.15) is 0 Å². The van der Waals surface area contributed by atoms with Crippen molar-refractivity contribution < 1.29 is 14.3 Å². The van der Waals surface area contributed by atoms with E-state index in [4.69, 9.17) is 4.74 Å². The standard InChI is InChI=1S/C25H21NO3/c1-2-29-24(28)22-21(16-10-4-3-5-11-16)17-12-6-8-14-19(17)25(22)20-15-9-7-13-18(20)23(27)26-25/h3-15,21-22H,2H2,1H3,(H,26,27)/t21-,22-,25-/m0/s1. The Morgan fingerprint density at radius 1 is 0.931 bits per heavy atom. The van der Waals surface area contributed by atoms with Crippen LogP contribution >= 0.6 is 0 Å². The summed E-state index contributed by atoms with van der Waals surface area (Å²) >= 11 is 0. The lowest BCUT2D eigenvalue weighted by Gasteiger charge is -2.34. The summed E-state index contributed by atoms with van der Waals surface area (Å²) in [7, 11) is 0. The molecular formula is C25H21NO3. The minimum absolute atomic E-state index is 0.154. The van der Waals surface area contributed by atoms with Gasteiger partial charge in [-0.3, -0.25) is 9.59 Å². The zero-order valence-electron chi connectivity index (χ0n) is 16.1. The number of nitrogens with one attached hydrogen (secondary N) is 1. The Morgan fingerprint density at radius 2 is 1.59 bits per heavy atom. The summed E-state index contributed by atoms with van der Waals surface area (Å²) in [6, 6.07) is 25.6. The first-order chi connectivity index (χ1) is 14.2. The van der Waals surface area contributed by atoms with Crippen LogP contribution < -0.4 is 5.32 Å². The van der Waals surface area contributed by atoms with E-state index in [1.807, 2.05) is 79.7 Å². The van der Waals surface area contributed by atoms with Gasteiger partial charge in [-0.25, -0.2) is 0 Å². The topological polar surface area (TPSA) is 55.4 Å². The van der Waals surface area contributed by atoms with Crippen molar-refractivity contribution in [2.45, 2.75) is 18.4 Å². The Labute approximate surface area is 169 Å². The maximum atomic E-state index is 13.4. The fourth-order valence-corrected chi connectivity index (χ4v) is 5.10. The lowest BCUT2D eigenvalue weighted by atomic mass is 9.74. The minimum atomic E-state index is -0.934. The summed E-state index contributed by atoms with van der Waals surface area (Å²) < 4.78 is 5.56. The highest BCUT2D eigenvalue weighted by molar-refractivity contribution is 6.02. The molecule has 0 fully saturated rings.